The minimum Gasteiger partial charge on any atom is -0.477 e. The van der Waals surface area contributed by atoms with E-state index in [1.54, 1.807) is 0 Å². The summed E-state index contributed by atoms with van der Waals surface area (Å²) in [7, 11) is -3.93. The number of nitrogens with two attached hydrogens (primary N) is 1. The standard InChI is InChI=1S/C12H18N2O5S2/c1-3-4-5-14(7-11(13)15)21(18,19)10-6-9(12(16)17)20-8(10)2/h6H,3-5,7H2,1-2H3,(H2,13,15)(H,16,17). The van der Waals surface area contributed by atoms with E-state index < -0.39 is 28.4 Å². The van der Waals surface area contributed by atoms with Crippen LogP contribution in [0, 0.1) is 6.92 Å². The minimum atomic E-state index is -3.93. The van der Waals surface area contributed by atoms with Gasteiger partial charge < -0.3 is 10.8 Å². The van der Waals surface area contributed by atoms with Crippen molar-refractivity contribution in [1.82, 2.24) is 4.31 Å². The summed E-state index contributed by atoms with van der Waals surface area (Å²) in [6.45, 7) is 3.18. The number of nitrogens with zero attached hydrogens (tertiary/aromatic N) is 1. The Labute approximate surface area is 127 Å². The van der Waals surface area contributed by atoms with E-state index in [0.717, 1.165) is 28.1 Å². The predicted molar refractivity (Wildman–Crippen MR) is 78.9 cm³/mol. The van der Waals surface area contributed by atoms with Gasteiger partial charge in [0.05, 0.1) is 11.4 Å². The second kappa shape index (κ2) is 7.01. The number of aryl methyl sites for hydroxylation is 1. The fourth-order valence-corrected chi connectivity index (χ4v) is 4.60. The van der Waals surface area contributed by atoms with Gasteiger partial charge in [-0.15, -0.1) is 11.3 Å². The van der Waals surface area contributed by atoms with Gasteiger partial charge in [-0.25, -0.2) is 13.2 Å². The number of rotatable bonds is 8. The Morgan fingerprint density at radius 3 is 2.48 bits per heavy atom. The summed E-state index contributed by atoms with van der Waals surface area (Å²) in [6, 6.07) is 1.12. The first kappa shape index (κ1) is 17.6. The van der Waals surface area contributed by atoms with E-state index in [1.807, 2.05) is 6.92 Å². The van der Waals surface area contributed by atoms with Crippen LogP contribution in [0.3, 0.4) is 0 Å². The Morgan fingerprint density at radius 2 is 2.05 bits per heavy atom. The number of thiophene rings is 1. The van der Waals surface area contributed by atoms with Crippen molar-refractivity contribution < 1.29 is 23.1 Å². The summed E-state index contributed by atoms with van der Waals surface area (Å²) >= 11 is 0.888. The summed E-state index contributed by atoms with van der Waals surface area (Å²) < 4.78 is 26.1. The van der Waals surface area contributed by atoms with Crippen molar-refractivity contribution >= 4 is 33.2 Å². The molecule has 0 saturated heterocycles. The second-order valence-corrected chi connectivity index (χ2v) is 7.66. The summed E-state index contributed by atoms with van der Waals surface area (Å²) in [5.74, 6) is -1.93. The zero-order valence-electron chi connectivity index (χ0n) is 11.8. The second-order valence-electron chi connectivity index (χ2n) is 4.49. The number of hydrogen-bond donors (Lipinski definition) is 2. The molecule has 1 heterocycles. The highest BCUT2D eigenvalue weighted by atomic mass is 32.2. The Hall–Kier alpha value is -1.45. The lowest BCUT2D eigenvalue weighted by Crippen LogP contribution is -2.39. The third kappa shape index (κ3) is 4.26. The first-order chi connectivity index (χ1) is 9.70. The molecule has 0 fully saturated rings. The topological polar surface area (TPSA) is 118 Å². The summed E-state index contributed by atoms with van der Waals surface area (Å²) in [5, 5.41) is 8.94. The van der Waals surface area contributed by atoms with Gasteiger partial charge in [0, 0.05) is 11.4 Å². The number of carboxylic acid groups (broad SMARTS) is 1. The van der Waals surface area contributed by atoms with Gasteiger partial charge >= 0.3 is 5.97 Å². The average molecular weight is 334 g/mol. The maximum absolute atomic E-state index is 12.6. The number of sulfonamides is 1. The summed E-state index contributed by atoms with van der Waals surface area (Å²) in [5.41, 5.74) is 5.09. The molecule has 0 aliphatic heterocycles. The van der Waals surface area contributed by atoms with Gasteiger partial charge in [-0.3, -0.25) is 4.79 Å². The van der Waals surface area contributed by atoms with E-state index in [9.17, 15) is 18.0 Å². The third-order valence-corrected chi connectivity index (χ3v) is 5.93. The van der Waals surface area contributed by atoms with Gasteiger partial charge in [-0.2, -0.15) is 4.31 Å². The van der Waals surface area contributed by atoms with Crippen LogP contribution in [0.2, 0.25) is 0 Å². The number of amides is 1. The van der Waals surface area contributed by atoms with Gasteiger partial charge in [0.2, 0.25) is 15.9 Å². The van der Waals surface area contributed by atoms with Crippen molar-refractivity contribution in [2.45, 2.75) is 31.6 Å². The van der Waals surface area contributed by atoms with Crippen LogP contribution in [0.4, 0.5) is 0 Å². The molecule has 1 amide bonds. The molecule has 0 radical (unpaired) electrons. The number of carbonyl (C=O) groups excluding carboxylic acids is 1. The van der Waals surface area contributed by atoms with Gasteiger partial charge in [-0.05, 0) is 19.4 Å². The molecule has 1 rings (SSSR count). The zero-order chi connectivity index (χ0) is 16.2. The number of unbranched alkanes of at least 4 members (excludes halogenated alkanes) is 1. The highest BCUT2D eigenvalue weighted by Gasteiger charge is 2.29. The van der Waals surface area contributed by atoms with E-state index >= 15 is 0 Å². The molecule has 118 valence electrons. The Balaban J connectivity index is 3.21. The fraction of sp³-hybridized carbons (Fsp3) is 0.500. The molecular weight excluding hydrogens is 316 g/mol. The normalized spacial score (nSPS) is 11.8. The van der Waals surface area contributed by atoms with Gasteiger partial charge in [0.1, 0.15) is 4.88 Å². The molecule has 0 aromatic carbocycles. The molecule has 0 spiro atoms. The number of carbonyl (C=O) groups is 2. The highest BCUT2D eigenvalue weighted by molar-refractivity contribution is 7.89. The third-order valence-electron chi connectivity index (χ3n) is 2.79. The van der Waals surface area contributed by atoms with Crippen molar-refractivity contribution in [2.24, 2.45) is 5.73 Å². The Bertz CT molecular complexity index is 636. The van der Waals surface area contributed by atoms with Crippen LogP contribution in [0.5, 0.6) is 0 Å². The van der Waals surface area contributed by atoms with Gasteiger partial charge in [0.15, 0.2) is 0 Å². The van der Waals surface area contributed by atoms with Crippen LogP contribution in [0.15, 0.2) is 11.0 Å². The van der Waals surface area contributed by atoms with Crippen LogP contribution in [-0.2, 0) is 14.8 Å². The first-order valence-electron chi connectivity index (χ1n) is 6.32. The van der Waals surface area contributed by atoms with Crippen molar-refractivity contribution in [3.05, 3.63) is 15.8 Å². The van der Waals surface area contributed by atoms with Crippen molar-refractivity contribution in [3.8, 4) is 0 Å². The smallest absolute Gasteiger partial charge is 0.345 e. The van der Waals surface area contributed by atoms with E-state index in [-0.39, 0.29) is 16.3 Å². The largest absolute Gasteiger partial charge is 0.477 e. The SMILES string of the molecule is CCCCN(CC(N)=O)S(=O)(=O)c1cc(C(=O)O)sc1C. The molecule has 0 aliphatic rings. The maximum Gasteiger partial charge on any atom is 0.345 e. The molecule has 9 heteroatoms. The number of carboxylic acids is 1. The monoisotopic (exact) mass is 334 g/mol. The van der Waals surface area contributed by atoms with Crippen LogP contribution in [0.1, 0.15) is 34.3 Å². The van der Waals surface area contributed by atoms with Crippen molar-refractivity contribution in [1.29, 1.82) is 0 Å². The molecule has 7 nitrogen and oxygen atoms in total. The van der Waals surface area contributed by atoms with Crippen LogP contribution >= 0.6 is 11.3 Å². The lowest BCUT2D eigenvalue weighted by atomic mass is 10.3. The van der Waals surface area contributed by atoms with Crippen LogP contribution in [-0.4, -0.2) is 42.8 Å². The lowest BCUT2D eigenvalue weighted by molar-refractivity contribution is -0.118. The fourth-order valence-electron chi connectivity index (χ4n) is 1.76. The number of hydrogen-bond acceptors (Lipinski definition) is 5. The van der Waals surface area contributed by atoms with E-state index in [1.165, 1.54) is 6.92 Å². The van der Waals surface area contributed by atoms with Gasteiger partial charge in [-0.1, -0.05) is 13.3 Å². The van der Waals surface area contributed by atoms with Crippen molar-refractivity contribution in [3.63, 3.8) is 0 Å². The lowest BCUT2D eigenvalue weighted by Gasteiger charge is -2.20. The van der Waals surface area contributed by atoms with Crippen molar-refractivity contribution in [2.75, 3.05) is 13.1 Å². The van der Waals surface area contributed by atoms with E-state index in [0.29, 0.717) is 11.3 Å². The van der Waals surface area contributed by atoms with Crippen LogP contribution < -0.4 is 5.73 Å². The number of aromatic carboxylic acids is 1. The Kier molecular flexibility index (Phi) is 5.87. The van der Waals surface area contributed by atoms with Gasteiger partial charge in [0.25, 0.3) is 0 Å². The molecule has 3 N–H and O–H groups in total. The molecule has 0 unspecified atom stereocenters. The molecular formula is C12H18N2O5S2. The number of primary amides is 1. The quantitative estimate of drug-likeness (QED) is 0.736. The maximum atomic E-state index is 12.6. The highest BCUT2D eigenvalue weighted by Crippen LogP contribution is 2.28. The summed E-state index contributed by atoms with van der Waals surface area (Å²) in [4.78, 5) is 22.3. The predicted octanol–water partition coefficient (Wildman–Crippen LogP) is 1.03. The first-order valence-corrected chi connectivity index (χ1v) is 8.58. The van der Waals surface area contributed by atoms with E-state index in [2.05, 4.69) is 0 Å². The Morgan fingerprint density at radius 1 is 1.43 bits per heavy atom. The summed E-state index contributed by atoms with van der Waals surface area (Å²) in [6.07, 6.45) is 1.34. The molecule has 21 heavy (non-hydrogen) atoms. The molecule has 0 atom stereocenters. The average Bonchev–Trinajstić information content (AvgIpc) is 2.77. The van der Waals surface area contributed by atoms with E-state index in [4.69, 9.17) is 10.8 Å². The molecule has 0 aliphatic carbocycles. The zero-order valence-corrected chi connectivity index (χ0v) is 13.5. The molecule has 1 aromatic heterocycles. The molecule has 0 saturated carbocycles. The minimum absolute atomic E-state index is 0.0550. The molecule has 1 aromatic rings. The molecule has 0 bridgehead atoms. The van der Waals surface area contributed by atoms with Crippen LogP contribution in [0.25, 0.3) is 0 Å².